The number of aliphatic hydroxyl groups excluding tert-OH is 1. The van der Waals surface area contributed by atoms with E-state index in [0.29, 0.717) is 36.2 Å². The van der Waals surface area contributed by atoms with Gasteiger partial charge in [-0.25, -0.2) is 0 Å². The van der Waals surface area contributed by atoms with Crippen LogP contribution < -0.4 is 0 Å². The van der Waals surface area contributed by atoms with Crippen LogP contribution >= 0.6 is 0 Å². The number of carboxylic acid groups (broad SMARTS) is 1. The minimum Gasteiger partial charge on any atom is -0.433 e. The van der Waals surface area contributed by atoms with Crippen LogP contribution in [0.15, 0.2) is 34.9 Å². The Labute approximate surface area is 235 Å². The molecule has 11 atom stereocenters. The van der Waals surface area contributed by atoms with E-state index >= 15 is 0 Å². The van der Waals surface area contributed by atoms with Crippen LogP contribution in [0.5, 0.6) is 0 Å². The number of aliphatic hydroxyl groups is 1. The first kappa shape index (κ1) is 27.6. The standard InChI is InChI=1S/C33H51N3O3/c1-21(2)22-10-15-33(20-37)17-16-31(6)23(27(22)33)8-9-25-30(5)13-12-26(36(28(38)39)19-18-34-35-36)29(3,4)24(30)11-14-32(25,31)7/h18-19,22-27,37H,1,8-17,20H2,2-7H3/p+1/t22-,23+,24-,25?,26-,27+,30-,31+,32+,33+,36?/m0/s1. The average molecular weight is 539 g/mol. The molecule has 1 aliphatic heterocycles. The second kappa shape index (κ2) is 8.50. The maximum Gasteiger partial charge on any atom is 0.547 e. The van der Waals surface area contributed by atoms with Crippen LogP contribution in [0.3, 0.4) is 0 Å². The highest BCUT2D eigenvalue weighted by atomic mass is 16.4. The minimum absolute atomic E-state index is 0.0879. The summed E-state index contributed by atoms with van der Waals surface area (Å²) in [6.45, 7) is 19.5. The first-order valence-electron chi connectivity index (χ1n) is 15.7. The Hall–Kier alpha value is -1.53. The molecular formula is C33H52N3O3+. The number of carbonyl (C=O) groups is 1. The van der Waals surface area contributed by atoms with Crippen molar-refractivity contribution < 1.29 is 19.6 Å². The van der Waals surface area contributed by atoms with Crippen molar-refractivity contribution >= 4 is 6.09 Å². The summed E-state index contributed by atoms with van der Waals surface area (Å²) in [4.78, 5) is 12.6. The molecule has 2 N–H and O–H groups in total. The summed E-state index contributed by atoms with van der Waals surface area (Å²) in [5.41, 5.74) is 1.93. The van der Waals surface area contributed by atoms with E-state index in [2.05, 4.69) is 58.5 Å². The third-order valence-corrected chi connectivity index (χ3v) is 14.9. The van der Waals surface area contributed by atoms with Crippen molar-refractivity contribution in [1.29, 1.82) is 0 Å². The molecule has 0 radical (unpaired) electrons. The van der Waals surface area contributed by atoms with Crippen molar-refractivity contribution in [2.24, 2.45) is 67.0 Å². The molecule has 0 aromatic rings. The molecule has 2 unspecified atom stereocenters. The quantitative estimate of drug-likeness (QED) is 0.280. The lowest BCUT2D eigenvalue weighted by atomic mass is 9.32. The van der Waals surface area contributed by atoms with Crippen molar-refractivity contribution in [3.8, 4) is 0 Å². The third kappa shape index (κ3) is 3.25. The van der Waals surface area contributed by atoms with Gasteiger partial charge >= 0.3 is 6.09 Å². The molecular weight excluding hydrogens is 486 g/mol. The molecule has 6 rings (SSSR count). The highest BCUT2D eigenvalue weighted by Gasteiger charge is 2.72. The Morgan fingerprint density at radius 2 is 1.69 bits per heavy atom. The second-order valence-electron chi connectivity index (χ2n) is 16.1. The van der Waals surface area contributed by atoms with Gasteiger partial charge in [0.1, 0.15) is 12.2 Å². The van der Waals surface area contributed by atoms with E-state index in [9.17, 15) is 15.0 Å². The van der Waals surface area contributed by atoms with Crippen LogP contribution in [0.2, 0.25) is 0 Å². The van der Waals surface area contributed by atoms with E-state index < -0.39 is 10.7 Å². The molecule has 0 aromatic carbocycles. The van der Waals surface area contributed by atoms with Gasteiger partial charge in [-0.05, 0) is 121 Å². The molecule has 0 saturated heterocycles. The van der Waals surface area contributed by atoms with E-state index in [0.717, 1.165) is 32.1 Å². The van der Waals surface area contributed by atoms with Crippen molar-refractivity contribution in [3.05, 3.63) is 24.6 Å². The topological polar surface area (TPSA) is 82.2 Å². The van der Waals surface area contributed by atoms with Crippen molar-refractivity contribution in [2.75, 3.05) is 6.61 Å². The molecule has 5 saturated carbocycles. The van der Waals surface area contributed by atoms with Gasteiger partial charge in [0, 0.05) is 23.7 Å². The lowest BCUT2D eigenvalue weighted by molar-refractivity contribution is -0.852. The summed E-state index contributed by atoms with van der Waals surface area (Å²) in [5, 5.41) is 29.4. The summed E-state index contributed by atoms with van der Waals surface area (Å²) >= 11 is 0. The van der Waals surface area contributed by atoms with Gasteiger partial charge in [0.25, 0.3) is 0 Å². The maximum atomic E-state index is 12.6. The second-order valence-corrected chi connectivity index (χ2v) is 16.1. The van der Waals surface area contributed by atoms with Crippen molar-refractivity contribution in [2.45, 2.75) is 112 Å². The molecule has 6 aliphatic rings. The molecule has 0 aromatic heterocycles. The number of hydrogen-bond acceptors (Lipinski definition) is 4. The first-order valence-corrected chi connectivity index (χ1v) is 15.7. The van der Waals surface area contributed by atoms with E-state index in [-0.39, 0.29) is 33.1 Å². The summed E-state index contributed by atoms with van der Waals surface area (Å²) in [7, 11) is 0. The number of fused-ring (bicyclic) bond motifs is 7. The van der Waals surface area contributed by atoms with Gasteiger partial charge in [0.15, 0.2) is 6.20 Å². The molecule has 1 heterocycles. The molecule has 5 aliphatic carbocycles. The van der Waals surface area contributed by atoms with Gasteiger partial charge in [-0.3, -0.25) is 0 Å². The largest absolute Gasteiger partial charge is 0.547 e. The van der Waals surface area contributed by atoms with Crippen LogP contribution in [0.1, 0.15) is 106 Å². The zero-order chi connectivity index (χ0) is 28.2. The summed E-state index contributed by atoms with van der Waals surface area (Å²) in [6.07, 6.45) is 13.8. The van der Waals surface area contributed by atoms with Gasteiger partial charge in [-0.15, -0.1) is 5.11 Å². The predicted octanol–water partition coefficient (Wildman–Crippen LogP) is 8.35. The smallest absolute Gasteiger partial charge is 0.433 e. The Morgan fingerprint density at radius 1 is 0.949 bits per heavy atom. The zero-order valence-electron chi connectivity index (χ0n) is 25.2. The number of allylic oxidation sites excluding steroid dienone is 1. The van der Waals surface area contributed by atoms with Crippen LogP contribution in [0.4, 0.5) is 4.79 Å². The summed E-state index contributed by atoms with van der Waals surface area (Å²) in [6, 6.07) is -0.110. The molecule has 0 spiro atoms. The number of amides is 1. The fourth-order valence-electron chi connectivity index (χ4n) is 12.9. The van der Waals surface area contributed by atoms with Crippen molar-refractivity contribution in [1.82, 2.24) is 0 Å². The van der Waals surface area contributed by atoms with Gasteiger partial charge in [0.05, 0.1) is 0 Å². The zero-order valence-corrected chi connectivity index (χ0v) is 25.2. The molecule has 6 heteroatoms. The number of nitrogens with zero attached hydrogens (tertiary/aromatic N) is 3. The number of hydrogen-bond donors (Lipinski definition) is 2. The Bertz CT molecular complexity index is 1120. The van der Waals surface area contributed by atoms with Crippen LogP contribution in [-0.4, -0.2) is 33.5 Å². The van der Waals surface area contributed by atoms with Gasteiger partial charge in [-0.2, -0.15) is 4.79 Å². The third-order valence-electron chi connectivity index (χ3n) is 14.9. The van der Waals surface area contributed by atoms with Gasteiger partial charge in [0.2, 0.25) is 0 Å². The molecule has 5 fully saturated rings. The Morgan fingerprint density at radius 3 is 2.31 bits per heavy atom. The van der Waals surface area contributed by atoms with E-state index in [1.54, 1.807) is 12.4 Å². The predicted molar refractivity (Wildman–Crippen MR) is 152 cm³/mol. The summed E-state index contributed by atoms with van der Waals surface area (Å²) in [5.74, 6) is 2.83. The van der Waals surface area contributed by atoms with Crippen LogP contribution in [0, 0.1) is 56.7 Å². The first-order chi connectivity index (χ1) is 18.2. The fourth-order valence-corrected chi connectivity index (χ4v) is 12.9. The van der Waals surface area contributed by atoms with Gasteiger partial charge < -0.3 is 10.2 Å². The van der Waals surface area contributed by atoms with Crippen LogP contribution in [0.25, 0.3) is 0 Å². The molecule has 6 nitrogen and oxygen atoms in total. The molecule has 216 valence electrons. The maximum absolute atomic E-state index is 12.6. The average Bonchev–Trinajstić information content (AvgIpc) is 3.51. The monoisotopic (exact) mass is 538 g/mol. The number of rotatable bonds is 3. The lowest BCUT2D eigenvalue weighted by Crippen LogP contribution is -2.69. The van der Waals surface area contributed by atoms with E-state index in [4.69, 9.17) is 0 Å². The highest BCUT2D eigenvalue weighted by molar-refractivity contribution is 5.58. The van der Waals surface area contributed by atoms with Crippen molar-refractivity contribution in [3.63, 3.8) is 0 Å². The summed E-state index contributed by atoms with van der Waals surface area (Å²) < 4.78 is -0.394. The SMILES string of the molecule is C=C(C)[C@@H]1CC[C@]2(CO)CC[C@]3(C)[C@H](CCC4[C@@]5(C)CC[C@H]([N+]6(C(=O)O)C=CN=N6)C(C)(C)[C@@H]5CC[C@]43C)[C@@H]12. The Kier molecular flexibility index (Phi) is 6.02. The molecule has 0 bridgehead atoms. The van der Waals surface area contributed by atoms with E-state index in [1.807, 2.05) is 0 Å². The normalized spacial score (nSPS) is 53.4. The van der Waals surface area contributed by atoms with Gasteiger partial charge in [-0.1, -0.05) is 46.8 Å². The molecule has 1 amide bonds. The Balaban J connectivity index is 1.36. The highest BCUT2D eigenvalue weighted by Crippen LogP contribution is 2.77. The fraction of sp³-hybridized carbons (Fsp3) is 0.848. The minimum atomic E-state index is -0.916. The molecule has 39 heavy (non-hydrogen) atoms. The van der Waals surface area contributed by atoms with E-state index in [1.165, 1.54) is 37.7 Å². The lowest BCUT2D eigenvalue weighted by Gasteiger charge is -2.73. The number of quaternary nitrogens is 1. The van der Waals surface area contributed by atoms with Crippen LogP contribution in [-0.2, 0) is 0 Å².